The van der Waals surface area contributed by atoms with E-state index in [0.717, 1.165) is 6.42 Å². The second-order valence-corrected chi connectivity index (χ2v) is 4.24. The molecule has 4 nitrogen and oxygen atoms in total. The molecule has 0 aliphatic heterocycles. The molecule has 1 atom stereocenters. The van der Waals surface area contributed by atoms with E-state index in [2.05, 4.69) is 5.32 Å². The van der Waals surface area contributed by atoms with Gasteiger partial charge in [-0.1, -0.05) is 13.0 Å². The van der Waals surface area contributed by atoms with Crippen molar-refractivity contribution in [2.45, 2.75) is 32.2 Å². The quantitative estimate of drug-likeness (QED) is 0.757. The third-order valence-corrected chi connectivity index (χ3v) is 2.73. The summed E-state index contributed by atoms with van der Waals surface area (Å²) in [6.45, 7) is 2.20. The van der Waals surface area contributed by atoms with E-state index in [1.807, 2.05) is 6.92 Å². The summed E-state index contributed by atoms with van der Waals surface area (Å²) in [5.41, 5.74) is 0. The summed E-state index contributed by atoms with van der Waals surface area (Å²) in [5.74, 6) is -0.0807. The molecule has 19 heavy (non-hydrogen) atoms. The average molecular weight is 269 g/mol. The first kappa shape index (κ1) is 15.4. The summed E-state index contributed by atoms with van der Waals surface area (Å²) in [6, 6.07) is 5.80. The fourth-order valence-electron chi connectivity index (χ4n) is 1.65. The molecule has 1 aromatic rings. The SMILES string of the molecule is CCC(CCO)NC(=O)CCOc1cccc(F)c1. The minimum Gasteiger partial charge on any atom is -0.493 e. The molecule has 0 heterocycles. The second kappa shape index (κ2) is 8.48. The van der Waals surface area contributed by atoms with Gasteiger partial charge in [-0.05, 0) is 25.0 Å². The van der Waals surface area contributed by atoms with Crippen LogP contribution in [0.2, 0.25) is 0 Å². The second-order valence-electron chi connectivity index (χ2n) is 4.24. The highest BCUT2D eigenvalue weighted by atomic mass is 19.1. The number of rotatable bonds is 8. The number of nitrogens with one attached hydrogen (secondary N) is 1. The van der Waals surface area contributed by atoms with Crippen molar-refractivity contribution in [2.24, 2.45) is 0 Å². The van der Waals surface area contributed by atoms with Gasteiger partial charge in [0, 0.05) is 18.7 Å². The molecule has 5 heteroatoms. The number of aliphatic hydroxyl groups is 1. The van der Waals surface area contributed by atoms with Crippen LogP contribution in [0, 0.1) is 5.82 Å². The Kier molecular flexibility index (Phi) is 6.89. The van der Waals surface area contributed by atoms with E-state index in [1.165, 1.54) is 12.1 Å². The molecule has 1 rings (SSSR count). The molecular weight excluding hydrogens is 249 g/mol. The number of halogens is 1. The molecule has 0 fully saturated rings. The van der Waals surface area contributed by atoms with Crippen molar-refractivity contribution in [1.82, 2.24) is 5.32 Å². The Balaban J connectivity index is 2.27. The Labute approximate surface area is 112 Å². The summed E-state index contributed by atoms with van der Waals surface area (Å²) >= 11 is 0. The Bertz CT molecular complexity index is 398. The zero-order valence-electron chi connectivity index (χ0n) is 11.1. The molecule has 1 unspecified atom stereocenters. The summed E-state index contributed by atoms with van der Waals surface area (Å²) in [7, 11) is 0. The predicted molar refractivity (Wildman–Crippen MR) is 70.4 cm³/mol. The average Bonchev–Trinajstić information content (AvgIpc) is 2.38. The molecule has 0 aliphatic rings. The molecule has 0 bridgehead atoms. The van der Waals surface area contributed by atoms with Gasteiger partial charge in [-0.25, -0.2) is 4.39 Å². The number of hydrogen-bond donors (Lipinski definition) is 2. The third-order valence-electron chi connectivity index (χ3n) is 2.73. The Morgan fingerprint density at radius 2 is 2.32 bits per heavy atom. The van der Waals surface area contributed by atoms with E-state index in [9.17, 15) is 9.18 Å². The van der Waals surface area contributed by atoms with Gasteiger partial charge in [-0.15, -0.1) is 0 Å². The van der Waals surface area contributed by atoms with E-state index in [-0.39, 0.29) is 37.4 Å². The summed E-state index contributed by atoms with van der Waals surface area (Å²) in [5, 5.41) is 11.6. The molecule has 0 radical (unpaired) electrons. The summed E-state index contributed by atoms with van der Waals surface area (Å²) < 4.78 is 18.2. The Morgan fingerprint density at radius 1 is 1.53 bits per heavy atom. The third kappa shape index (κ3) is 6.20. The van der Waals surface area contributed by atoms with Crippen LogP contribution < -0.4 is 10.1 Å². The highest BCUT2D eigenvalue weighted by molar-refractivity contribution is 5.76. The lowest BCUT2D eigenvalue weighted by Crippen LogP contribution is -2.35. The standard InChI is InChI=1S/C14H20FNO3/c1-2-12(6-8-17)16-14(18)7-9-19-13-5-3-4-11(15)10-13/h3-5,10,12,17H,2,6-9H2,1H3,(H,16,18). The highest BCUT2D eigenvalue weighted by Gasteiger charge is 2.09. The van der Waals surface area contributed by atoms with Gasteiger partial charge in [0.1, 0.15) is 11.6 Å². The number of aliphatic hydroxyl groups excluding tert-OH is 1. The molecule has 0 aromatic heterocycles. The maximum absolute atomic E-state index is 12.9. The van der Waals surface area contributed by atoms with Gasteiger partial charge < -0.3 is 15.2 Å². The first-order valence-electron chi connectivity index (χ1n) is 6.44. The van der Waals surface area contributed by atoms with E-state index in [0.29, 0.717) is 12.2 Å². The number of hydrogen-bond acceptors (Lipinski definition) is 3. The molecule has 0 saturated heterocycles. The molecule has 106 valence electrons. The monoisotopic (exact) mass is 269 g/mol. The van der Waals surface area contributed by atoms with Crippen LogP contribution in [0.4, 0.5) is 4.39 Å². The molecular formula is C14H20FNO3. The van der Waals surface area contributed by atoms with Crippen LogP contribution in [0.3, 0.4) is 0 Å². The first-order valence-corrected chi connectivity index (χ1v) is 6.44. The van der Waals surface area contributed by atoms with Crippen molar-refractivity contribution in [1.29, 1.82) is 0 Å². The van der Waals surface area contributed by atoms with Crippen molar-refractivity contribution in [2.75, 3.05) is 13.2 Å². The van der Waals surface area contributed by atoms with Gasteiger partial charge >= 0.3 is 0 Å². The first-order chi connectivity index (χ1) is 9.15. The van der Waals surface area contributed by atoms with Gasteiger partial charge in [-0.2, -0.15) is 0 Å². The normalized spacial score (nSPS) is 11.9. The van der Waals surface area contributed by atoms with Crippen LogP contribution in [-0.2, 0) is 4.79 Å². The van der Waals surface area contributed by atoms with E-state index in [1.54, 1.807) is 12.1 Å². The molecule has 1 amide bonds. The zero-order chi connectivity index (χ0) is 14.1. The lowest BCUT2D eigenvalue weighted by molar-refractivity contribution is -0.122. The van der Waals surface area contributed by atoms with E-state index >= 15 is 0 Å². The van der Waals surface area contributed by atoms with Crippen molar-refractivity contribution in [3.8, 4) is 5.75 Å². The predicted octanol–water partition coefficient (Wildman–Crippen LogP) is 1.87. The van der Waals surface area contributed by atoms with Crippen molar-refractivity contribution < 1.29 is 19.0 Å². The van der Waals surface area contributed by atoms with Gasteiger partial charge in [0.15, 0.2) is 0 Å². The maximum Gasteiger partial charge on any atom is 0.223 e. The number of ether oxygens (including phenoxy) is 1. The van der Waals surface area contributed by atoms with E-state index in [4.69, 9.17) is 9.84 Å². The molecule has 0 saturated carbocycles. The van der Waals surface area contributed by atoms with Gasteiger partial charge in [-0.3, -0.25) is 4.79 Å². The molecule has 0 spiro atoms. The Hall–Kier alpha value is -1.62. The molecule has 0 aliphatic carbocycles. The van der Waals surface area contributed by atoms with Crippen molar-refractivity contribution in [3.63, 3.8) is 0 Å². The van der Waals surface area contributed by atoms with E-state index < -0.39 is 0 Å². The molecule has 2 N–H and O–H groups in total. The highest BCUT2D eigenvalue weighted by Crippen LogP contribution is 2.11. The van der Waals surface area contributed by atoms with Gasteiger partial charge in [0.25, 0.3) is 0 Å². The summed E-state index contributed by atoms with van der Waals surface area (Å²) in [4.78, 5) is 11.6. The van der Waals surface area contributed by atoms with Gasteiger partial charge in [0.2, 0.25) is 5.91 Å². The molecule has 1 aromatic carbocycles. The van der Waals surface area contributed by atoms with Crippen LogP contribution in [0.15, 0.2) is 24.3 Å². The lowest BCUT2D eigenvalue weighted by Gasteiger charge is -2.15. The number of amides is 1. The minimum absolute atomic E-state index is 0.00771. The largest absolute Gasteiger partial charge is 0.493 e. The lowest BCUT2D eigenvalue weighted by atomic mass is 10.1. The van der Waals surface area contributed by atoms with Crippen LogP contribution in [0.25, 0.3) is 0 Å². The Morgan fingerprint density at radius 3 is 2.95 bits per heavy atom. The van der Waals surface area contributed by atoms with Crippen LogP contribution >= 0.6 is 0 Å². The fraction of sp³-hybridized carbons (Fsp3) is 0.500. The summed E-state index contributed by atoms with van der Waals surface area (Å²) in [6.07, 6.45) is 1.53. The topological polar surface area (TPSA) is 58.6 Å². The van der Waals surface area contributed by atoms with Gasteiger partial charge in [0.05, 0.1) is 13.0 Å². The van der Waals surface area contributed by atoms with Crippen molar-refractivity contribution >= 4 is 5.91 Å². The van der Waals surface area contributed by atoms with Crippen molar-refractivity contribution in [3.05, 3.63) is 30.1 Å². The zero-order valence-corrected chi connectivity index (χ0v) is 11.1. The number of carbonyl (C=O) groups excluding carboxylic acids is 1. The number of carbonyl (C=O) groups is 1. The minimum atomic E-state index is -0.365. The smallest absolute Gasteiger partial charge is 0.223 e. The van der Waals surface area contributed by atoms with Crippen LogP contribution in [0.1, 0.15) is 26.2 Å². The van der Waals surface area contributed by atoms with Crippen LogP contribution in [-0.4, -0.2) is 30.3 Å². The number of benzene rings is 1. The fourth-order valence-corrected chi connectivity index (χ4v) is 1.65. The maximum atomic E-state index is 12.9. The van der Waals surface area contributed by atoms with Crippen LogP contribution in [0.5, 0.6) is 5.75 Å².